The molecule has 0 aliphatic carbocycles. The van der Waals surface area contributed by atoms with Gasteiger partial charge in [0.1, 0.15) is 5.60 Å². The average molecular weight is 396 g/mol. The van der Waals surface area contributed by atoms with Gasteiger partial charge in [0.2, 0.25) is 6.41 Å². The second-order valence-electron chi connectivity index (χ2n) is 7.15. The van der Waals surface area contributed by atoms with Gasteiger partial charge in [-0.2, -0.15) is 5.10 Å². The predicted octanol–water partition coefficient (Wildman–Crippen LogP) is 2.91. The molecule has 154 valence electrons. The van der Waals surface area contributed by atoms with E-state index in [2.05, 4.69) is 15.1 Å². The van der Waals surface area contributed by atoms with E-state index in [1.54, 1.807) is 41.9 Å². The molecule has 0 unspecified atom stereocenters. The van der Waals surface area contributed by atoms with Crippen molar-refractivity contribution in [1.29, 1.82) is 0 Å². The van der Waals surface area contributed by atoms with Crippen LogP contribution in [-0.2, 0) is 16.8 Å². The molecule has 1 amide bonds. The maximum atomic E-state index is 10.6. The Morgan fingerprint density at radius 1 is 1.17 bits per heavy atom. The quantitative estimate of drug-likeness (QED) is 0.622. The molecule has 3 rings (SSSR count). The van der Waals surface area contributed by atoms with Crippen molar-refractivity contribution in [3.63, 3.8) is 0 Å². The van der Waals surface area contributed by atoms with Crippen LogP contribution in [0.5, 0.6) is 0 Å². The fraction of sp³-hybridized carbons (Fsp3) is 0.364. The highest BCUT2D eigenvalue weighted by atomic mass is 16.3. The van der Waals surface area contributed by atoms with Crippen LogP contribution in [0.1, 0.15) is 37.7 Å². The average Bonchev–Trinajstić information content (AvgIpc) is 3.24. The summed E-state index contributed by atoms with van der Waals surface area (Å²) in [6.45, 7) is 8.74. The fourth-order valence-electron chi connectivity index (χ4n) is 2.61. The minimum atomic E-state index is -0.925. The van der Waals surface area contributed by atoms with E-state index in [1.807, 2.05) is 50.4 Å². The number of aliphatic hydroxyl groups is 1. The van der Waals surface area contributed by atoms with Crippen molar-refractivity contribution in [2.45, 2.75) is 39.7 Å². The Hall–Kier alpha value is -3.06. The minimum Gasteiger partial charge on any atom is -0.384 e. The van der Waals surface area contributed by atoms with E-state index >= 15 is 0 Å². The van der Waals surface area contributed by atoms with Crippen LogP contribution in [0.15, 0.2) is 55.0 Å². The molecule has 3 heterocycles. The molecule has 7 heteroatoms. The molecule has 7 nitrogen and oxygen atoms in total. The molecule has 0 spiro atoms. The summed E-state index contributed by atoms with van der Waals surface area (Å²) in [6, 6.07) is 11.4. The molecule has 0 aromatic carbocycles. The highest BCUT2D eigenvalue weighted by Gasteiger charge is 2.17. The van der Waals surface area contributed by atoms with Gasteiger partial charge in [0.25, 0.3) is 0 Å². The van der Waals surface area contributed by atoms with Gasteiger partial charge in [0, 0.05) is 43.8 Å². The van der Waals surface area contributed by atoms with Gasteiger partial charge in [0.05, 0.1) is 5.69 Å². The summed E-state index contributed by atoms with van der Waals surface area (Å²) in [5, 5.41) is 14.0. The maximum Gasteiger partial charge on any atom is 0.209 e. The van der Waals surface area contributed by atoms with Gasteiger partial charge in [-0.3, -0.25) is 9.78 Å². The first kappa shape index (κ1) is 22.2. The number of hydrogen-bond donors (Lipinski definition) is 1. The zero-order valence-electron chi connectivity index (χ0n) is 17.5. The lowest BCUT2D eigenvalue weighted by molar-refractivity contribution is -0.117. The monoisotopic (exact) mass is 395 g/mol. The van der Waals surface area contributed by atoms with Gasteiger partial charge in [-0.25, -0.2) is 9.67 Å². The summed E-state index contributed by atoms with van der Waals surface area (Å²) < 4.78 is 1.76. The molecule has 0 fully saturated rings. The number of carbonyl (C=O) groups excluding carboxylic acids is 1. The first-order chi connectivity index (χ1) is 13.8. The maximum absolute atomic E-state index is 10.6. The zero-order chi connectivity index (χ0) is 21.3. The lowest BCUT2D eigenvalue weighted by Gasteiger charge is -2.18. The van der Waals surface area contributed by atoms with Crippen LogP contribution >= 0.6 is 0 Å². The SMILES string of the molecule is CCN(C=O)CCc1cccc(C(C)(C)O)n1.Cc1cccnc1-n1cccn1. The van der Waals surface area contributed by atoms with Crippen molar-refractivity contribution in [2.24, 2.45) is 0 Å². The molecule has 3 aromatic rings. The number of nitrogens with zero attached hydrogens (tertiary/aromatic N) is 5. The number of aryl methyl sites for hydroxylation is 1. The number of likely N-dealkylation sites (N-methyl/N-ethyl adjacent to an activating group) is 1. The molecule has 3 aromatic heterocycles. The summed E-state index contributed by atoms with van der Waals surface area (Å²) in [4.78, 5) is 21.0. The lowest BCUT2D eigenvalue weighted by Crippen LogP contribution is -2.24. The van der Waals surface area contributed by atoms with E-state index < -0.39 is 5.60 Å². The van der Waals surface area contributed by atoms with Crippen molar-refractivity contribution in [3.8, 4) is 5.82 Å². The molecule has 0 saturated carbocycles. The topological polar surface area (TPSA) is 84.1 Å². The molecule has 29 heavy (non-hydrogen) atoms. The molecule has 0 radical (unpaired) electrons. The van der Waals surface area contributed by atoms with Crippen LogP contribution in [-0.4, -0.2) is 49.3 Å². The van der Waals surface area contributed by atoms with Crippen molar-refractivity contribution < 1.29 is 9.90 Å². The van der Waals surface area contributed by atoms with E-state index in [-0.39, 0.29) is 0 Å². The van der Waals surface area contributed by atoms with Crippen LogP contribution in [0.3, 0.4) is 0 Å². The molecule has 0 atom stereocenters. The van der Waals surface area contributed by atoms with Gasteiger partial charge in [-0.05, 0) is 57.5 Å². The number of rotatable bonds is 7. The number of pyridine rings is 2. The number of aromatic nitrogens is 4. The van der Waals surface area contributed by atoms with Gasteiger partial charge < -0.3 is 10.0 Å². The fourth-order valence-corrected chi connectivity index (χ4v) is 2.61. The van der Waals surface area contributed by atoms with Gasteiger partial charge in [-0.15, -0.1) is 0 Å². The van der Waals surface area contributed by atoms with Gasteiger partial charge >= 0.3 is 0 Å². The summed E-state index contributed by atoms with van der Waals surface area (Å²) >= 11 is 0. The molecular weight excluding hydrogens is 366 g/mol. The Balaban J connectivity index is 0.000000218. The molecule has 0 aliphatic heterocycles. The summed E-state index contributed by atoms with van der Waals surface area (Å²) in [5.74, 6) is 0.891. The highest BCUT2D eigenvalue weighted by molar-refractivity contribution is 5.46. The second kappa shape index (κ2) is 10.5. The van der Waals surface area contributed by atoms with Crippen molar-refractivity contribution in [1.82, 2.24) is 24.6 Å². The van der Waals surface area contributed by atoms with E-state index in [1.165, 1.54) is 0 Å². The Labute approximate surface area is 172 Å². The van der Waals surface area contributed by atoms with Crippen molar-refractivity contribution in [3.05, 3.63) is 71.9 Å². The van der Waals surface area contributed by atoms with Crippen LogP contribution in [0, 0.1) is 6.92 Å². The van der Waals surface area contributed by atoms with E-state index in [4.69, 9.17) is 0 Å². The largest absolute Gasteiger partial charge is 0.384 e. The third-order valence-corrected chi connectivity index (χ3v) is 4.35. The first-order valence-electron chi connectivity index (χ1n) is 9.65. The zero-order valence-corrected chi connectivity index (χ0v) is 17.5. The third kappa shape index (κ3) is 6.80. The van der Waals surface area contributed by atoms with E-state index in [0.717, 1.165) is 23.5 Å². The molecule has 0 aliphatic rings. The summed E-state index contributed by atoms with van der Waals surface area (Å²) in [5.41, 5.74) is 1.75. The van der Waals surface area contributed by atoms with E-state index in [0.29, 0.717) is 25.2 Å². The Morgan fingerprint density at radius 2 is 1.97 bits per heavy atom. The highest BCUT2D eigenvalue weighted by Crippen LogP contribution is 2.17. The number of hydrogen-bond acceptors (Lipinski definition) is 5. The molecule has 0 saturated heterocycles. The lowest BCUT2D eigenvalue weighted by atomic mass is 10.0. The molecule has 1 N–H and O–H groups in total. The number of amides is 1. The number of carbonyl (C=O) groups is 1. The van der Waals surface area contributed by atoms with Crippen LogP contribution in [0.2, 0.25) is 0 Å². The van der Waals surface area contributed by atoms with Crippen molar-refractivity contribution in [2.75, 3.05) is 13.1 Å². The molecular formula is C22H29N5O2. The Morgan fingerprint density at radius 3 is 2.55 bits per heavy atom. The van der Waals surface area contributed by atoms with Crippen molar-refractivity contribution >= 4 is 6.41 Å². The Kier molecular flexibility index (Phi) is 8.03. The third-order valence-electron chi connectivity index (χ3n) is 4.35. The van der Waals surface area contributed by atoms with E-state index in [9.17, 15) is 9.90 Å². The second-order valence-corrected chi connectivity index (χ2v) is 7.15. The standard InChI is InChI=1S/C13H20N2O2.C9H9N3/c1-4-15(10-16)9-8-11-6-5-7-12(14-11)13(2,3)17;1-8-4-2-5-10-9(8)12-7-3-6-11-12/h5-7,10,17H,4,8-9H2,1-3H3;2-7H,1H3. The van der Waals surface area contributed by atoms with Gasteiger partial charge in [-0.1, -0.05) is 12.1 Å². The summed E-state index contributed by atoms with van der Waals surface area (Å²) in [7, 11) is 0. The predicted molar refractivity (Wildman–Crippen MR) is 113 cm³/mol. The Bertz CT molecular complexity index is 888. The van der Waals surface area contributed by atoms with Crippen LogP contribution < -0.4 is 0 Å². The smallest absolute Gasteiger partial charge is 0.209 e. The minimum absolute atomic E-state index is 0.655. The van der Waals surface area contributed by atoms with Crippen LogP contribution in [0.25, 0.3) is 5.82 Å². The normalized spacial score (nSPS) is 10.8. The van der Waals surface area contributed by atoms with Gasteiger partial charge in [0.15, 0.2) is 5.82 Å². The first-order valence-corrected chi connectivity index (χ1v) is 9.65. The molecule has 0 bridgehead atoms. The van der Waals surface area contributed by atoms with Crippen LogP contribution in [0.4, 0.5) is 0 Å². The summed E-state index contributed by atoms with van der Waals surface area (Å²) in [6.07, 6.45) is 6.95.